The second-order valence-corrected chi connectivity index (χ2v) is 5.42. The fourth-order valence-corrected chi connectivity index (χ4v) is 1.70. The number of carboxylic acid groups (broad SMARTS) is 1. The summed E-state index contributed by atoms with van der Waals surface area (Å²) in [6.45, 7) is 3.43. The zero-order valence-corrected chi connectivity index (χ0v) is 10.6. The van der Waals surface area contributed by atoms with E-state index in [-0.39, 0.29) is 13.0 Å². The van der Waals surface area contributed by atoms with Crippen molar-refractivity contribution in [2.24, 2.45) is 11.1 Å². The number of urea groups is 1. The summed E-state index contributed by atoms with van der Waals surface area (Å²) in [5, 5.41) is 14.0. The molecule has 102 valence electrons. The molecule has 0 aromatic heterocycles. The average Bonchev–Trinajstić information content (AvgIpc) is 2.92. The quantitative estimate of drug-likeness (QED) is 0.526. The van der Waals surface area contributed by atoms with Gasteiger partial charge in [0.25, 0.3) is 0 Å². The highest BCUT2D eigenvalue weighted by Gasteiger charge is 2.50. The highest BCUT2D eigenvalue weighted by Crippen LogP contribution is 2.45. The van der Waals surface area contributed by atoms with Crippen molar-refractivity contribution in [3.63, 3.8) is 0 Å². The molecule has 1 fully saturated rings. The van der Waals surface area contributed by atoms with E-state index in [1.165, 1.54) is 0 Å². The number of carbonyl (C=O) groups excluding carboxylic acids is 2. The van der Waals surface area contributed by atoms with Gasteiger partial charge in [0, 0.05) is 18.5 Å². The maximum atomic E-state index is 11.6. The third-order valence-electron chi connectivity index (χ3n) is 2.96. The number of aliphatic carboxylic acids is 1. The number of nitrogens with two attached hydrogens (primary N) is 1. The number of primary amides is 1. The summed E-state index contributed by atoms with van der Waals surface area (Å²) in [6, 6.07) is -0.492. The fourth-order valence-electron chi connectivity index (χ4n) is 1.70. The van der Waals surface area contributed by atoms with Crippen LogP contribution >= 0.6 is 0 Å². The molecular formula is C11H19N3O4. The molecule has 0 aromatic rings. The van der Waals surface area contributed by atoms with Gasteiger partial charge in [0.2, 0.25) is 5.91 Å². The van der Waals surface area contributed by atoms with Crippen LogP contribution in [-0.2, 0) is 9.59 Å². The van der Waals surface area contributed by atoms with Gasteiger partial charge in [0.1, 0.15) is 0 Å². The van der Waals surface area contributed by atoms with Crippen molar-refractivity contribution in [1.82, 2.24) is 10.6 Å². The van der Waals surface area contributed by atoms with E-state index in [4.69, 9.17) is 10.8 Å². The van der Waals surface area contributed by atoms with E-state index >= 15 is 0 Å². The number of hydrogen-bond donors (Lipinski definition) is 4. The van der Waals surface area contributed by atoms with E-state index in [0.29, 0.717) is 12.8 Å². The Hall–Kier alpha value is -1.79. The lowest BCUT2D eigenvalue weighted by Crippen LogP contribution is -2.51. The van der Waals surface area contributed by atoms with Crippen molar-refractivity contribution in [2.45, 2.75) is 38.6 Å². The van der Waals surface area contributed by atoms with Gasteiger partial charge in [-0.2, -0.15) is 0 Å². The third kappa shape index (κ3) is 3.90. The van der Waals surface area contributed by atoms with Crippen LogP contribution in [0.1, 0.15) is 33.1 Å². The van der Waals surface area contributed by atoms with Gasteiger partial charge in [0.15, 0.2) is 0 Å². The summed E-state index contributed by atoms with van der Waals surface area (Å²) in [5.74, 6) is -1.40. The minimum atomic E-state index is -0.890. The summed E-state index contributed by atoms with van der Waals surface area (Å²) >= 11 is 0. The molecule has 0 unspecified atom stereocenters. The van der Waals surface area contributed by atoms with Crippen LogP contribution in [0.25, 0.3) is 0 Å². The molecule has 1 saturated carbocycles. The zero-order chi connectivity index (χ0) is 14.0. The Bertz CT molecular complexity index is 374. The van der Waals surface area contributed by atoms with Gasteiger partial charge in [-0.3, -0.25) is 9.59 Å². The first kappa shape index (κ1) is 14.3. The van der Waals surface area contributed by atoms with Crippen LogP contribution < -0.4 is 16.4 Å². The minimum Gasteiger partial charge on any atom is -0.481 e. The lowest BCUT2D eigenvalue weighted by Gasteiger charge is -2.25. The standard InChI is InChI=1S/C11H19N3O4/c1-10(2,5-7(12)15)14-9(18)13-6-11(3-4-11)8(16)17/h3-6H2,1-2H3,(H2,12,15)(H,16,17)(H2,13,14,18). The molecule has 0 heterocycles. The van der Waals surface area contributed by atoms with Crippen LogP contribution in [0.2, 0.25) is 0 Å². The van der Waals surface area contributed by atoms with E-state index in [1.807, 2.05) is 0 Å². The summed E-state index contributed by atoms with van der Waals surface area (Å²) in [4.78, 5) is 33.2. The monoisotopic (exact) mass is 257 g/mol. The van der Waals surface area contributed by atoms with E-state index in [0.717, 1.165) is 0 Å². The number of carbonyl (C=O) groups is 3. The molecule has 7 heteroatoms. The molecule has 5 N–H and O–H groups in total. The van der Waals surface area contributed by atoms with Crippen LogP contribution in [0.3, 0.4) is 0 Å². The Morgan fingerprint density at radius 3 is 2.28 bits per heavy atom. The SMILES string of the molecule is CC(C)(CC(N)=O)NC(=O)NCC1(C(=O)O)CC1. The lowest BCUT2D eigenvalue weighted by molar-refractivity contribution is -0.143. The maximum Gasteiger partial charge on any atom is 0.315 e. The summed E-state index contributed by atoms with van der Waals surface area (Å²) in [5.41, 5.74) is 3.50. The molecule has 0 aliphatic heterocycles. The number of nitrogens with one attached hydrogen (secondary N) is 2. The number of rotatable bonds is 6. The van der Waals surface area contributed by atoms with E-state index in [1.54, 1.807) is 13.8 Å². The van der Waals surface area contributed by atoms with Gasteiger partial charge < -0.3 is 21.5 Å². The van der Waals surface area contributed by atoms with Gasteiger partial charge in [-0.1, -0.05) is 0 Å². The molecule has 0 spiro atoms. The van der Waals surface area contributed by atoms with Gasteiger partial charge in [-0.05, 0) is 26.7 Å². The van der Waals surface area contributed by atoms with E-state index in [9.17, 15) is 14.4 Å². The highest BCUT2D eigenvalue weighted by molar-refractivity contribution is 5.81. The first-order chi connectivity index (χ1) is 8.17. The summed E-state index contributed by atoms with van der Waals surface area (Å²) < 4.78 is 0. The van der Waals surface area contributed by atoms with Gasteiger partial charge in [-0.25, -0.2) is 4.79 Å². The molecule has 3 amide bonds. The fraction of sp³-hybridized carbons (Fsp3) is 0.727. The van der Waals surface area contributed by atoms with Gasteiger partial charge in [-0.15, -0.1) is 0 Å². The van der Waals surface area contributed by atoms with Crippen LogP contribution in [0.5, 0.6) is 0 Å². The Morgan fingerprint density at radius 2 is 1.89 bits per heavy atom. The molecule has 0 atom stereocenters. The van der Waals surface area contributed by atoms with Gasteiger partial charge >= 0.3 is 12.0 Å². The smallest absolute Gasteiger partial charge is 0.315 e. The van der Waals surface area contributed by atoms with E-state index < -0.39 is 28.9 Å². The number of carboxylic acids is 1. The van der Waals surface area contributed by atoms with Crippen molar-refractivity contribution in [2.75, 3.05) is 6.54 Å². The molecule has 18 heavy (non-hydrogen) atoms. The Morgan fingerprint density at radius 1 is 1.33 bits per heavy atom. The van der Waals surface area contributed by atoms with Crippen LogP contribution in [-0.4, -0.2) is 35.1 Å². The van der Waals surface area contributed by atoms with E-state index in [2.05, 4.69) is 10.6 Å². The third-order valence-corrected chi connectivity index (χ3v) is 2.96. The predicted octanol–water partition coefficient (Wildman–Crippen LogP) is -0.196. The molecule has 1 rings (SSSR count). The van der Waals surface area contributed by atoms with Crippen LogP contribution in [0.15, 0.2) is 0 Å². The van der Waals surface area contributed by atoms with Crippen molar-refractivity contribution < 1.29 is 19.5 Å². The topological polar surface area (TPSA) is 122 Å². The van der Waals surface area contributed by atoms with Crippen molar-refractivity contribution in [1.29, 1.82) is 0 Å². The van der Waals surface area contributed by atoms with Crippen LogP contribution in [0, 0.1) is 5.41 Å². The number of hydrogen-bond acceptors (Lipinski definition) is 3. The summed E-state index contributed by atoms with van der Waals surface area (Å²) in [6.07, 6.45) is 1.17. The summed E-state index contributed by atoms with van der Waals surface area (Å²) in [7, 11) is 0. The van der Waals surface area contributed by atoms with Gasteiger partial charge in [0.05, 0.1) is 5.41 Å². The Balaban J connectivity index is 2.38. The molecule has 0 saturated heterocycles. The Labute approximate surface area is 105 Å². The highest BCUT2D eigenvalue weighted by atomic mass is 16.4. The zero-order valence-electron chi connectivity index (χ0n) is 10.6. The molecule has 0 radical (unpaired) electrons. The number of amides is 3. The second kappa shape index (κ2) is 4.83. The first-order valence-corrected chi connectivity index (χ1v) is 5.75. The molecular weight excluding hydrogens is 238 g/mol. The Kier molecular flexibility index (Phi) is 3.83. The second-order valence-electron chi connectivity index (χ2n) is 5.42. The molecule has 0 aromatic carbocycles. The van der Waals surface area contributed by atoms with Crippen molar-refractivity contribution >= 4 is 17.9 Å². The molecule has 1 aliphatic rings. The first-order valence-electron chi connectivity index (χ1n) is 5.75. The minimum absolute atomic E-state index is 0.0183. The maximum absolute atomic E-state index is 11.6. The lowest BCUT2D eigenvalue weighted by atomic mass is 10.0. The largest absolute Gasteiger partial charge is 0.481 e. The average molecular weight is 257 g/mol. The van der Waals surface area contributed by atoms with Crippen molar-refractivity contribution in [3.8, 4) is 0 Å². The molecule has 1 aliphatic carbocycles. The van der Waals surface area contributed by atoms with Crippen molar-refractivity contribution in [3.05, 3.63) is 0 Å². The molecule has 7 nitrogen and oxygen atoms in total. The molecule has 0 bridgehead atoms. The predicted molar refractivity (Wildman–Crippen MR) is 63.7 cm³/mol. The van der Waals surface area contributed by atoms with Crippen LogP contribution in [0.4, 0.5) is 4.79 Å². The normalized spacial score (nSPS) is 16.8.